The molecule has 188 valence electrons. The molecule has 36 heavy (non-hydrogen) atoms. The number of hydrogen-bond acceptors (Lipinski definition) is 9. The lowest BCUT2D eigenvalue weighted by atomic mass is 9.73. The molecule has 0 saturated carbocycles. The van der Waals surface area contributed by atoms with E-state index >= 15 is 0 Å². The first-order valence-electron chi connectivity index (χ1n) is 12.2. The predicted molar refractivity (Wildman–Crippen MR) is 126 cm³/mol. The topological polar surface area (TPSA) is 111 Å². The fourth-order valence-electron chi connectivity index (χ4n) is 5.94. The van der Waals surface area contributed by atoms with Crippen LogP contribution in [0.3, 0.4) is 0 Å². The maximum absolute atomic E-state index is 14.8. The molecule has 0 spiro atoms. The van der Waals surface area contributed by atoms with E-state index in [4.69, 9.17) is 9.47 Å². The van der Waals surface area contributed by atoms with Gasteiger partial charge in [0.25, 0.3) is 0 Å². The molecule has 11 nitrogen and oxygen atoms in total. The number of ether oxygens (including phenoxy) is 2. The molecule has 0 radical (unpaired) electrons. The van der Waals surface area contributed by atoms with Gasteiger partial charge in [-0.2, -0.15) is 0 Å². The van der Waals surface area contributed by atoms with E-state index in [1.54, 1.807) is 6.07 Å². The molecule has 0 aliphatic carbocycles. The molecule has 1 aromatic carbocycles. The summed E-state index contributed by atoms with van der Waals surface area (Å²) < 4.78 is 27.6. The van der Waals surface area contributed by atoms with Crippen LogP contribution >= 0.6 is 0 Å². The molecular weight excluding hydrogens is 467 g/mol. The van der Waals surface area contributed by atoms with Crippen molar-refractivity contribution in [2.45, 2.75) is 76.7 Å². The average molecular weight is 495 g/mol. The van der Waals surface area contributed by atoms with Crippen LogP contribution in [-0.4, -0.2) is 71.4 Å². The first-order chi connectivity index (χ1) is 17.4. The zero-order chi connectivity index (χ0) is 25.0. The van der Waals surface area contributed by atoms with Gasteiger partial charge in [0.1, 0.15) is 18.5 Å². The normalized spacial score (nSPS) is 24.5. The number of hydrogen-bond donors (Lipinski definition) is 0. The van der Waals surface area contributed by atoms with Gasteiger partial charge in [-0.15, -0.1) is 5.10 Å². The fraction of sp³-hybridized carbons (Fsp3) is 0.500. The number of carbonyl (C=O) groups excluding carboxylic acids is 1. The monoisotopic (exact) mass is 494 g/mol. The van der Waals surface area contributed by atoms with Gasteiger partial charge in [-0.25, -0.2) is 23.8 Å². The highest BCUT2D eigenvalue weighted by Gasteiger charge is 2.53. The molecule has 4 bridgehead atoms. The van der Waals surface area contributed by atoms with E-state index in [2.05, 4.69) is 30.4 Å². The van der Waals surface area contributed by atoms with Gasteiger partial charge in [0, 0.05) is 30.2 Å². The second kappa shape index (κ2) is 8.68. The summed E-state index contributed by atoms with van der Waals surface area (Å²) in [5.41, 5.74) is 1.24. The van der Waals surface area contributed by atoms with Crippen LogP contribution in [0.2, 0.25) is 0 Å². The summed E-state index contributed by atoms with van der Waals surface area (Å²) in [6.45, 7) is 5.65. The van der Waals surface area contributed by atoms with E-state index in [0.717, 1.165) is 37.1 Å². The second-order valence-corrected chi connectivity index (χ2v) is 9.90. The van der Waals surface area contributed by atoms with Crippen LogP contribution in [0.1, 0.15) is 45.1 Å². The number of amides is 1. The molecule has 4 saturated heterocycles. The van der Waals surface area contributed by atoms with Crippen molar-refractivity contribution < 1.29 is 18.7 Å². The van der Waals surface area contributed by atoms with Gasteiger partial charge in [-0.05, 0) is 69.0 Å². The Kier molecular flexibility index (Phi) is 5.45. The Bertz CT molecular complexity index is 1250. The first kappa shape index (κ1) is 22.6. The van der Waals surface area contributed by atoms with E-state index in [-0.39, 0.29) is 42.1 Å². The van der Waals surface area contributed by atoms with E-state index in [1.807, 2.05) is 25.7 Å². The van der Waals surface area contributed by atoms with Crippen LogP contribution < -0.4 is 9.64 Å². The Morgan fingerprint density at radius 3 is 2.42 bits per heavy atom. The van der Waals surface area contributed by atoms with Crippen molar-refractivity contribution in [3.05, 3.63) is 42.2 Å². The third-order valence-electron chi connectivity index (χ3n) is 7.29. The Balaban J connectivity index is 1.22. The molecule has 0 unspecified atom stereocenters. The molecule has 3 aromatic rings. The van der Waals surface area contributed by atoms with Crippen molar-refractivity contribution in [3.8, 4) is 17.3 Å². The maximum atomic E-state index is 14.8. The van der Waals surface area contributed by atoms with Crippen LogP contribution in [-0.2, 0) is 4.74 Å². The van der Waals surface area contributed by atoms with Crippen molar-refractivity contribution in [2.24, 2.45) is 0 Å². The van der Waals surface area contributed by atoms with E-state index < -0.39 is 5.82 Å². The number of aromatic nitrogens is 6. The summed E-state index contributed by atoms with van der Waals surface area (Å²) in [5, 5.41) is 10.9. The summed E-state index contributed by atoms with van der Waals surface area (Å²) in [7, 11) is 0. The van der Waals surface area contributed by atoms with E-state index in [9.17, 15) is 9.18 Å². The third-order valence-corrected chi connectivity index (χ3v) is 7.29. The van der Waals surface area contributed by atoms with Crippen molar-refractivity contribution in [1.29, 1.82) is 0 Å². The van der Waals surface area contributed by atoms with Crippen LogP contribution in [0.5, 0.6) is 11.6 Å². The number of piperidine rings is 4. The van der Waals surface area contributed by atoms with Gasteiger partial charge in [-0.3, -0.25) is 0 Å². The molecule has 4 aliphatic heterocycles. The summed E-state index contributed by atoms with van der Waals surface area (Å²) >= 11 is 0. The van der Waals surface area contributed by atoms with E-state index in [0.29, 0.717) is 11.6 Å². The summed E-state index contributed by atoms with van der Waals surface area (Å²) in [4.78, 5) is 25.9. The van der Waals surface area contributed by atoms with E-state index in [1.165, 1.54) is 29.5 Å². The molecule has 0 atom stereocenters. The van der Waals surface area contributed by atoms with Gasteiger partial charge in [0.05, 0.1) is 17.4 Å². The van der Waals surface area contributed by atoms with Crippen LogP contribution in [0, 0.1) is 12.7 Å². The Morgan fingerprint density at radius 2 is 1.81 bits per heavy atom. The smallest absolute Gasteiger partial charge is 0.410 e. The molecule has 4 aliphatic rings. The highest BCUT2D eigenvalue weighted by atomic mass is 19.1. The van der Waals surface area contributed by atoms with Crippen molar-refractivity contribution in [1.82, 2.24) is 35.1 Å². The standard InChI is InChI=1S/C24H27FN8O3/c1-13(2)35-24(34)33-18-6-16-7-19(33)9-17(8-18)32(16)22-14(3)23(27-11-26-22)36-21-5-4-15(10-20(21)25)31-12-28-29-30-31/h4-5,10-13,16-19H,6-9H2,1-3H3. The molecule has 2 aromatic heterocycles. The SMILES string of the molecule is Cc1c(Oc2ccc(-n3cnnn3)cc2F)ncnc1N1C2CC3CC1CC(C2)N3C(=O)OC(C)C. The molecule has 0 N–H and O–H groups in total. The van der Waals surface area contributed by atoms with Crippen molar-refractivity contribution in [3.63, 3.8) is 0 Å². The quantitative estimate of drug-likeness (QED) is 0.527. The lowest BCUT2D eigenvalue weighted by molar-refractivity contribution is -0.0215. The minimum Gasteiger partial charge on any atom is -0.447 e. The van der Waals surface area contributed by atoms with Crippen molar-refractivity contribution in [2.75, 3.05) is 4.90 Å². The van der Waals surface area contributed by atoms with Gasteiger partial charge < -0.3 is 19.3 Å². The number of nitrogens with zero attached hydrogens (tertiary/aromatic N) is 8. The van der Waals surface area contributed by atoms with Crippen molar-refractivity contribution >= 4 is 11.9 Å². The van der Waals surface area contributed by atoms with Gasteiger partial charge in [0.15, 0.2) is 11.6 Å². The Hall–Kier alpha value is -3.83. The maximum Gasteiger partial charge on any atom is 0.410 e. The number of rotatable bonds is 5. The average Bonchev–Trinajstić information content (AvgIpc) is 3.36. The molecule has 1 amide bonds. The summed E-state index contributed by atoms with van der Waals surface area (Å²) in [5.74, 6) is 0.616. The Morgan fingerprint density at radius 1 is 1.08 bits per heavy atom. The van der Waals surface area contributed by atoms with Crippen LogP contribution in [0.15, 0.2) is 30.9 Å². The third kappa shape index (κ3) is 3.80. The summed E-state index contributed by atoms with van der Waals surface area (Å²) in [6, 6.07) is 5.40. The summed E-state index contributed by atoms with van der Waals surface area (Å²) in [6.07, 6.45) is 5.99. The minimum absolute atomic E-state index is 0.0546. The zero-order valence-corrected chi connectivity index (χ0v) is 20.3. The number of carbonyl (C=O) groups is 1. The zero-order valence-electron chi connectivity index (χ0n) is 20.3. The fourth-order valence-corrected chi connectivity index (χ4v) is 5.94. The molecule has 4 fully saturated rings. The van der Waals surface area contributed by atoms with Crippen LogP contribution in [0.25, 0.3) is 5.69 Å². The largest absolute Gasteiger partial charge is 0.447 e. The van der Waals surface area contributed by atoms with Gasteiger partial charge in [-0.1, -0.05) is 0 Å². The molecular formula is C24H27FN8O3. The number of anilines is 1. The second-order valence-electron chi connectivity index (χ2n) is 9.90. The van der Waals surface area contributed by atoms with Gasteiger partial charge >= 0.3 is 6.09 Å². The number of benzene rings is 1. The predicted octanol–water partition coefficient (Wildman–Crippen LogP) is 3.42. The number of tetrazole rings is 1. The highest BCUT2D eigenvalue weighted by molar-refractivity contribution is 5.70. The molecule has 6 heterocycles. The lowest BCUT2D eigenvalue weighted by Gasteiger charge is -2.61. The molecule has 12 heteroatoms. The Labute approximate surface area is 207 Å². The lowest BCUT2D eigenvalue weighted by Crippen LogP contribution is -2.70. The first-order valence-corrected chi connectivity index (χ1v) is 12.2. The highest BCUT2D eigenvalue weighted by Crippen LogP contribution is 2.47. The van der Waals surface area contributed by atoms with Gasteiger partial charge in [0.2, 0.25) is 5.88 Å². The molecule has 7 rings (SSSR count). The number of halogens is 1. The minimum atomic E-state index is -0.550. The van der Waals surface area contributed by atoms with Crippen LogP contribution in [0.4, 0.5) is 15.0 Å².